The van der Waals surface area contributed by atoms with Gasteiger partial charge in [0.05, 0.1) is 16.1 Å². The van der Waals surface area contributed by atoms with E-state index in [1.165, 1.54) is 0 Å². The molecular formula is C10H10N2OS. The summed E-state index contributed by atoms with van der Waals surface area (Å²) < 4.78 is 5.51. The van der Waals surface area contributed by atoms with Crippen LogP contribution < -0.4 is 4.74 Å². The SMILES string of the molecule is Cc1ncc(COc2cccnc2)s1. The van der Waals surface area contributed by atoms with Crippen molar-refractivity contribution in [2.75, 3.05) is 0 Å². The van der Waals surface area contributed by atoms with Gasteiger partial charge in [-0.05, 0) is 19.1 Å². The Hall–Kier alpha value is -1.42. The molecule has 0 saturated heterocycles. The first-order chi connectivity index (χ1) is 6.84. The topological polar surface area (TPSA) is 35.0 Å². The number of pyridine rings is 1. The van der Waals surface area contributed by atoms with E-state index in [0.29, 0.717) is 6.61 Å². The minimum Gasteiger partial charge on any atom is -0.486 e. The van der Waals surface area contributed by atoms with E-state index < -0.39 is 0 Å². The average molecular weight is 206 g/mol. The van der Waals surface area contributed by atoms with Crippen molar-refractivity contribution >= 4 is 11.3 Å². The lowest BCUT2D eigenvalue weighted by Crippen LogP contribution is -1.92. The Morgan fingerprint density at radius 3 is 3.00 bits per heavy atom. The summed E-state index contributed by atoms with van der Waals surface area (Å²) in [5.74, 6) is 0.790. The highest BCUT2D eigenvalue weighted by Gasteiger charge is 1.98. The van der Waals surface area contributed by atoms with E-state index in [9.17, 15) is 0 Å². The summed E-state index contributed by atoms with van der Waals surface area (Å²) in [5, 5.41) is 1.06. The Balaban J connectivity index is 1.95. The van der Waals surface area contributed by atoms with Gasteiger partial charge in [-0.1, -0.05) is 0 Å². The van der Waals surface area contributed by atoms with Crippen LogP contribution in [-0.4, -0.2) is 9.97 Å². The number of ether oxygens (including phenoxy) is 1. The van der Waals surface area contributed by atoms with Gasteiger partial charge in [0, 0.05) is 12.4 Å². The zero-order valence-electron chi connectivity index (χ0n) is 7.80. The molecule has 0 saturated carbocycles. The van der Waals surface area contributed by atoms with Gasteiger partial charge in [0.25, 0.3) is 0 Å². The molecule has 0 atom stereocenters. The molecule has 0 aliphatic carbocycles. The first-order valence-corrected chi connectivity index (χ1v) is 5.10. The van der Waals surface area contributed by atoms with Crippen LogP contribution in [0.4, 0.5) is 0 Å². The molecule has 3 nitrogen and oxygen atoms in total. The Morgan fingerprint density at radius 1 is 1.43 bits per heavy atom. The maximum absolute atomic E-state index is 5.51. The molecule has 0 aliphatic heterocycles. The maximum atomic E-state index is 5.51. The molecule has 0 spiro atoms. The number of rotatable bonds is 3. The highest BCUT2D eigenvalue weighted by Crippen LogP contribution is 2.15. The van der Waals surface area contributed by atoms with Crippen molar-refractivity contribution in [3.05, 3.63) is 40.6 Å². The molecule has 0 radical (unpaired) electrons. The summed E-state index contributed by atoms with van der Waals surface area (Å²) in [6.45, 7) is 2.55. The van der Waals surface area contributed by atoms with Gasteiger partial charge < -0.3 is 4.74 Å². The number of aromatic nitrogens is 2. The Kier molecular flexibility index (Phi) is 2.74. The average Bonchev–Trinajstić information content (AvgIpc) is 2.63. The summed E-state index contributed by atoms with van der Waals surface area (Å²) in [7, 11) is 0. The molecule has 2 aromatic rings. The number of thiazole rings is 1. The minimum atomic E-state index is 0.567. The molecule has 2 heterocycles. The van der Waals surface area contributed by atoms with E-state index in [4.69, 9.17) is 4.74 Å². The van der Waals surface area contributed by atoms with Crippen LogP contribution in [0, 0.1) is 6.92 Å². The standard InChI is InChI=1S/C10H10N2OS/c1-8-12-6-10(14-8)7-13-9-3-2-4-11-5-9/h2-6H,7H2,1H3. The summed E-state index contributed by atoms with van der Waals surface area (Å²) in [5.41, 5.74) is 0. The number of nitrogens with zero attached hydrogens (tertiary/aromatic N) is 2. The molecule has 0 amide bonds. The largest absolute Gasteiger partial charge is 0.486 e. The molecular weight excluding hydrogens is 196 g/mol. The van der Waals surface area contributed by atoms with Crippen LogP contribution in [-0.2, 0) is 6.61 Å². The molecule has 0 aromatic carbocycles. The highest BCUT2D eigenvalue weighted by molar-refractivity contribution is 7.11. The first-order valence-electron chi connectivity index (χ1n) is 4.29. The first kappa shape index (κ1) is 9.15. The van der Waals surface area contributed by atoms with Crippen molar-refractivity contribution in [2.45, 2.75) is 13.5 Å². The number of hydrogen-bond acceptors (Lipinski definition) is 4. The lowest BCUT2D eigenvalue weighted by Gasteiger charge is -2.01. The second-order valence-electron chi connectivity index (χ2n) is 2.82. The van der Waals surface area contributed by atoms with Crippen LogP contribution in [0.25, 0.3) is 0 Å². The fourth-order valence-corrected chi connectivity index (χ4v) is 1.77. The van der Waals surface area contributed by atoms with Gasteiger partial charge in [-0.15, -0.1) is 11.3 Å². The van der Waals surface area contributed by atoms with E-state index in [-0.39, 0.29) is 0 Å². The molecule has 0 N–H and O–H groups in total. The Morgan fingerprint density at radius 2 is 2.36 bits per heavy atom. The van der Waals surface area contributed by atoms with Crippen molar-refractivity contribution < 1.29 is 4.74 Å². The third-order valence-electron chi connectivity index (χ3n) is 1.68. The number of hydrogen-bond donors (Lipinski definition) is 0. The van der Waals surface area contributed by atoms with Crippen LogP contribution in [0.1, 0.15) is 9.88 Å². The number of aryl methyl sites for hydroxylation is 1. The van der Waals surface area contributed by atoms with Gasteiger partial charge in [0.15, 0.2) is 0 Å². The third-order valence-corrected chi connectivity index (χ3v) is 2.57. The monoisotopic (exact) mass is 206 g/mol. The molecule has 2 aromatic heterocycles. The van der Waals surface area contributed by atoms with Gasteiger partial charge in [-0.25, -0.2) is 4.98 Å². The quantitative estimate of drug-likeness (QED) is 0.773. The summed E-state index contributed by atoms with van der Waals surface area (Å²) in [6.07, 6.45) is 5.27. The van der Waals surface area contributed by atoms with Gasteiger partial charge in [-0.2, -0.15) is 0 Å². The van der Waals surface area contributed by atoms with Gasteiger partial charge in [-0.3, -0.25) is 4.98 Å². The summed E-state index contributed by atoms with van der Waals surface area (Å²) >= 11 is 1.65. The van der Waals surface area contributed by atoms with E-state index >= 15 is 0 Å². The maximum Gasteiger partial charge on any atom is 0.138 e. The molecule has 0 bridgehead atoms. The molecule has 0 aliphatic rings. The summed E-state index contributed by atoms with van der Waals surface area (Å²) in [4.78, 5) is 9.25. The second-order valence-corrected chi connectivity index (χ2v) is 4.14. The van der Waals surface area contributed by atoms with E-state index in [2.05, 4.69) is 9.97 Å². The third kappa shape index (κ3) is 2.29. The normalized spacial score (nSPS) is 10.1. The fraction of sp³-hybridized carbons (Fsp3) is 0.200. The van der Waals surface area contributed by atoms with Crippen molar-refractivity contribution in [1.82, 2.24) is 9.97 Å². The second kappa shape index (κ2) is 4.19. The molecule has 14 heavy (non-hydrogen) atoms. The van der Waals surface area contributed by atoms with Crippen LogP contribution in [0.3, 0.4) is 0 Å². The smallest absolute Gasteiger partial charge is 0.138 e. The van der Waals surface area contributed by atoms with Crippen molar-refractivity contribution in [1.29, 1.82) is 0 Å². The van der Waals surface area contributed by atoms with E-state index in [1.807, 2.05) is 25.3 Å². The van der Waals surface area contributed by atoms with Gasteiger partial charge in [0.1, 0.15) is 12.4 Å². The Bertz CT molecular complexity index is 400. The van der Waals surface area contributed by atoms with E-state index in [1.54, 1.807) is 23.7 Å². The lowest BCUT2D eigenvalue weighted by atomic mass is 10.5. The molecule has 0 unspecified atom stereocenters. The highest BCUT2D eigenvalue weighted by atomic mass is 32.1. The van der Waals surface area contributed by atoms with E-state index in [0.717, 1.165) is 15.6 Å². The fourth-order valence-electron chi connectivity index (χ4n) is 1.06. The van der Waals surface area contributed by atoms with Crippen LogP contribution in [0.2, 0.25) is 0 Å². The van der Waals surface area contributed by atoms with Gasteiger partial charge in [0.2, 0.25) is 0 Å². The van der Waals surface area contributed by atoms with Crippen molar-refractivity contribution in [3.63, 3.8) is 0 Å². The van der Waals surface area contributed by atoms with Crippen LogP contribution >= 0.6 is 11.3 Å². The predicted molar refractivity (Wildman–Crippen MR) is 55.4 cm³/mol. The van der Waals surface area contributed by atoms with Crippen LogP contribution in [0.15, 0.2) is 30.7 Å². The van der Waals surface area contributed by atoms with Crippen molar-refractivity contribution in [3.8, 4) is 5.75 Å². The molecule has 72 valence electrons. The zero-order valence-corrected chi connectivity index (χ0v) is 8.62. The molecule has 4 heteroatoms. The zero-order chi connectivity index (χ0) is 9.80. The molecule has 0 fully saturated rings. The Labute approximate surface area is 86.4 Å². The van der Waals surface area contributed by atoms with Crippen LogP contribution in [0.5, 0.6) is 5.75 Å². The van der Waals surface area contributed by atoms with Crippen molar-refractivity contribution in [2.24, 2.45) is 0 Å². The lowest BCUT2D eigenvalue weighted by molar-refractivity contribution is 0.308. The summed E-state index contributed by atoms with van der Waals surface area (Å²) in [6, 6.07) is 3.74. The minimum absolute atomic E-state index is 0.567. The van der Waals surface area contributed by atoms with Gasteiger partial charge >= 0.3 is 0 Å². The predicted octanol–water partition coefficient (Wildman–Crippen LogP) is 2.43. The molecule has 2 rings (SSSR count).